The summed E-state index contributed by atoms with van der Waals surface area (Å²) in [6.07, 6.45) is -0.191. The second-order valence-electron chi connectivity index (χ2n) is 4.28. The number of hydrogen-bond acceptors (Lipinski definition) is 4. The molecule has 0 amide bonds. The Morgan fingerprint density at radius 2 is 1.70 bits per heavy atom. The van der Waals surface area contributed by atoms with Crippen molar-refractivity contribution in [3.05, 3.63) is 69.7 Å². The van der Waals surface area contributed by atoms with Crippen LogP contribution in [0.15, 0.2) is 48.5 Å². The van der Waals surface area contributed by atoms with Gasteiger partial charge in [0, 0.05) is 23.1 Å². The van der Waals surface area contributed by atoms with Crippen molar-refractivity contribution in [3.63, 3.8) is 0 Å². The highest BCUT2D eigenvalue weighted by atomic mass is 35.5. The molecular formula is C17H13Cl2NO3. The predicted molar refractivity (Wildman–Crippen MR) is 88.4 cm³/mol. The highest BCUT2D eigenvalue weighted by Crippen LogP contribution is 2.24. The smallest absolute Gasteiger partial charge is 0.304 e. The van der Waals surface area contributed by atoms with Crippen LogP contribution in [0, 0.1) is 11.3 Å². The average Bonchev–Trinajstić information content (AvgIpc) is 2.54. The van der Waals surface area contributed by atoms with E-state index >= 15 is 0 Å². The normalized spacial score (nSPS) is 10.5. The second kappa shape index (κ2) is 9.62. The number of nitrogens with zero attached hydrogens (tertiary/aromatic N) is 1. The van der Waals surface area contributed by atoms with E-state index in [1.165, 1.54) is 6.92 Å². The highest BCUT2D eigenvalue weighted by molar-refractivity contribution is 6.32. The zero-order valence-electron chi connectivity index (χ0n) is 12.2. The van der Waals surface area contributed by atoms with E-state index in [2.05, 4.69) is 0 Å². The molecule has 0 saturated heterocycles. The maximum atomic E-state index is 10.7. The topological polar surface area (TPSA) is 67.2 Å². The van der Waals surface area contributed by atoms with Crippen molar-refractivity contribution in [2.75, 3.05) is 0 Å². The summed E-state index contributed by atoms with van der Waals surface area (Å²) in [4.78, 5) is 20.8. The molecule has 2 aromatic carbocycles. The van der Waals surface area contributed by atoms with Gasteiger partial charge in [-0.25, -0.2) is 0 Å². The van der Waals surface area contributed by atoms with E-state index in [0.717, 1.165) is 6.29 Å². The Kier molecular flexibility index (Phi) is 7.82. The zero-order valence-corrected chi connectivity index (χ0v) is 13.7. The molecule has 0 aliphatic rings. The molecule has 0 unspecified atom stereocenters. The van der Waals surface area contributed by atoms with Crippen molar-refractivity contribution in [1.82, 2.24) is 0 Å². The molecule has 0 bridgehead atoms. The number of nitriles is 1. The van der Waals surface area contributed by atoms with Gasteiger partial charge in [0.05, 0.1) is 5.02 Å². The Balaban J connectivity index is 0.000000253. The summed E-state index contributed by atoms with van der Waals surface area (Å²) in [5.41, 5.74) is 1.05. The van der Waals surface area contributed by atoms with E-state index in [9.17, 15) is 9.59 Å². The minimum atomic E-state index is -0.929. The Morgan fingerprint density at radius 1 is 1.13 bits per heavy atom. The molecule has 0 aliphatic carbocycles. The first-order chi connectivity index (χ1) is 11.0. The molecule has 1 atom stereocenters. The van der Waals surface area contributed by atoms with E-state index in [1.54, 1.807) is 48.5 Å². The van der Waals surface area contributed by atoms with Crippen molar-refractivity contribution in [2.45, 2.75) is 13.0 Å². The van der Waals surface area contributed by atoms with Crippen LogP contribution in [0.25, 0.3) is 0 Å². The summed E-state index contributed by atoms with van der Waals surface area (Å²) in [6, 6.07) is 15.6. The van der Waals surface area contributed by atoms with Gasteiger partial charge in [-0.1, -0.05) is 59.6 Å². The summed E-state index contributed by atoms with van der Waals surface area (Å²) < 4.78 is 4.78. The van der Waals surface area contributed by atoms with Crippen molar-refractivity contribution in [3.8, 4) is 6.07 Å². The third-order valence-corrected chi connectivity index (χ3v) is 3.31. The second-order valence-corrected chi connectivity index (χ2v) is 5.09. The molecule has 0 heterocycles. The van der Waals surface area contributed by atoms with E-state index in [-0.39, 0.29) is 0 Å². The van der Waals surface area contributed by atoms with Gasteiger partial charge in [0.1, 0.15) is 6.07 Å². The molecule has 4 nitrogen and oxygen atoms in total. The minimum Gasteiger partial charge on any atom is -0.442 e. The third-order valence-electron chi connectivity index (χ3n) is 2.62. The van der Waals surface area contributed by atoms with Gasteiger partial charge in [-0.15, -0.1) is 0 Å². The third kappa shape index (κ3) is 6.11. The van der Waals surface area contributed by atoms with Crippen LogP contribution in [0.2, 0.25) is 10.0 Å². The Bertz CT molecular complexity index is 726. The maximum Gasteiger partial charge on any atom is 0.304 e. The first-order valence-electron chi connectivity index (χ1n) is 6.50. The van der Waals surface area contributed by atoms with E-state index in [0.29, 0.717) is 21.2 Å². The lowest BCUT2D eigenvalue weighted by molar-refractivity contribution is -0.144. The van der Waals surface area contributed by atoms with E-state index in [4.69, 9.17) is 33.2 Å². The lowest BCUT2D eigenvalue weighted by Gasteiger charge is -2.10. The molecule has 2 aromatic rings. The number of esters is 1. The Hall–Kier alpha value is -2.35. The van der Waals surface area contributed by atoms with Gasteiger partial charge in [-0.2, -0.15) is 5.26 Å². The SMILES string of the molecule is CC(=O)O[C@H](C#N)c1ccccc1Cl.O=Cc1ccccc1Cl. The summed E-state index contributed by atoms with van der Waals surface area (Å²) in [5, 5.41) is 9.69. The van der Waals surface area contributed by atoms with Gasteiger partial charge in [0.2, 0.25) is 6.10 Å². The van der Waals surface area contributed by atoms with E-state index < -0.39 is 12.1 Å². The predicted octanol–water partition coefficient (Wildman–Crippen LogP) is 4.62. The average molecular weight is 350 g/mol. The monoisotopic (exact) mass is 349 g/mol. The summed E-state index contributed by atoms with van der Waals surface area (Å²) in [6.45, 7) is 1.25. The van der Waals surface area contributed by atoms with Crippen LogP contribution in [0.5, 0.6) is 0 Å². The van der Waals surface area contributed by atoms with Crippen molar-refractivity contribution in [2.24, 2.45) is 0 Å². The van der Waals surface area contributed by atoms with Gasteiger partial charge in [-0.05, 0) is 12.1 Å². The number of hydrogen-bond donors (Lipinski definition) is 0. The Morgan fingerprint density at radius 3 is 2.13 bits per heavy atom. The lowest BCUT2D eigenvalue weighted by Crippen LogP contribution is -2.06. The van der Waals surface area contributed by atoms with Gasteiger partial charge >= 0.3 is 5.97 Å². The molecule has 23 heavy (non-hydrogen) atoms. The zero-order chi connectivity index (χ0) is 17.2. The van der Waals surface area contributed by atoms with Crippen molar-refractivity contribution >= 4 is 35.5 Å². The number of aldehydes is 1. The number of rotatable bonds is 3. The standard InChI is InChI=1S/C10H8ClNO2.C7H5ClO/c1-7(13)14-10(6-12)8-4-2-3-5-9(8)11;8-7-4-2-1-3-6(7)5-9/h2-5,10H,1H3;1-5H/t10-;/m1./s1. The van der Waals surface area contributed by atoms with Gasteiger partial charge in [0.15, 0.2) is 6.29 Å². The van der Waals surface area contributed by atoms with Crippen LogP contribution in [0.3, 0.4) is 0 Å². The number of carbonyl (C=O) groups is 2. The van der Waals surface area contributed by atoms with E-state index in [1.807, 2.05) is 6.07 Å². The van der Waals surface area contributed by atoms with Crippen LogP contribution < -0.4 is 0 Å². The van der Waals surface area contributed by atoms with Crippen LogP contribution >= 0.6 is 23.2 Å². The largest absolute Gasteiger partial charge is 0.442 e. The quantitative estimate of drug-likeness (QED) is 0.598. The van der Waals surface area contributed by atoms with Crippen LogP contribution in [0.4, 0.5) is 0 Å². The summed E-state index contributed by atoms with van der Waals surface area (Å²) in [7, 11) is 0. The lowest BCUT2D eigenvalue weighted by atomic mass is 10.1. The maximum absolute atomic E-state index is 10.7. The number of halogens is 2. The molecule has 0 saturated carbocycles. The van der Waals surface area contributed by atoms with Gasteiger partial charge in [-0.3, -0.25) is 9.59 Å². The van der Waals surface area contributed by atoms with Gasteiger partial charge < -0.3 is 4.74 Å². The number of carbonyl (C=O) groups excluding carboxylic acids is 2. The van der Waals surface area contributed by atoms with Gasteiger partial charge in [0.25, 0.3) is 0 Å². The first-order valence-corrected chi connectivity index (χ1v) is 7.26. The van der Waals surface area contributed by atoms with Crippen molar-refractivity contribution < 1.29 is 14.3 Å². The van der Waals surface area contributed by atoms with Crippen LogP contribution in [0.1, 0.15) is 28.9 Å². The molecule has 0 fully saturated rings. The molecular weight excluding hydrogens is 337 g/mol. The minimum absolute atomic E-state index is 0.417. The molecule has 0 aromatic heterocycles. The fourth-order valence-corrected chi connectivity index (χ4v) is 2.00. The summed E-state index contributed by atoms with van der Waals surface area (Å²) in [5.74, 6) is -0.503. The van der Waals surface area contributed by atoms with Crippen LogP contribution in [-0.2, 0) is 9.53 Å². The number of benzene rings is 2. The van der Waals surface area contributed by atoms with Crippen molar-refractivity contribution in [1.29, 1.82) is 5.26 Å². The fourth-order valence-electron chi connectivity index (χ4n) is 1.58. The molecule has 2 rings (SSSR count). The van der Waals surface area contributed by atoms with Crippen LogP contribution in [-0.4, -0.2) is 12.3 Å². The molecule has 0 spiro atoms. The number of ether oxygens (including phenoxy) is 1. The fraction of sp³-hybridized carbons (Fsp3) is 0.118. The highest BCUT2D eigenvalue weighted by Gasteiger charge is 2.15. The first kappa shape index (κ1) is 18.7. The Labute approximate surface area is 144 Å². The molecule has 0 aliphatic heterocycles. The molecule has 118 valence electrons. The molecule has 0 N–H and O–H groups in total. The summed E-state index contributed by atoms with van der Waals surface area (Å²) >= 11 is 11.4. The molecule has 0 radical (unpaired) electrons. The molecule has 6 heteroatoms.